The number of aromatic nitrogens is 1. The number of hydrogen-bond donors (Lipinski definition) is 1. The quantitative estimate of drug-likeness (QED) is 0.703. The standard InChI is InChI=1S/C16H12F2N2O4S2/c1-9-13(20-15(25-9)11-6-4-8-24-11)14(21)19-10-5-2-3-7-12(10)26(22,23)16(17)18/h2-8,16H,1H3,(H,19,21). The van der Waals surface area contributed by atoms with Crippen LogP contribution in [0.3, 0.4) is 0 Å². The smallest absolute Gasteiger partial charge is 0.341 e. The minimum absolute atomic E-state index is 0.0608. The zero-order chi connectivity index (χ0) is 18.9. The van der Waals surface area contributed by atoms with Crippen LogP contribution in [0.1, 0.15) is 15.4 Å². The molecule has 10 heteroatoms. The molecule has 0 fully saturated rings. The number of furan rings is 1. The molecule has 0 radical (unpaired) electrons. The maximum atomic E-state index is 12.8. The van der Waals surface area contributed by atoms with Crippen LogP contribution < -0.4 is 5.32 Å². The maximum absolute atomic E-state index is 12.8. The Morgan fingerprint density at radius 2 is 1.96 bits per heavy atom. The summed E-state index contributed by atoms with van der Waals surface area (Å²) in [5.41, 5.74) is -0.171. The molecule has 1 aromatic carbocycles. The Kier molecular flexibility index (Phi) is 4.88. The summed E-state index contributed by atoms with van der Waals surface area (Å²) >= 11 is 1.22. The van der Waals surface area contributed by atoms with E-state index in [-0.39, 0.29) is 11.4 Å². The summed E-state index contributed by atoms with van der Waals surface area (Å²) in [5, 5.41) is 2.83. The molecule has 3 rings (SSSR count). The number of amides is 1. The summed E-state index contributed by atoms with van der Waals surface area (Å²) in [6.45, 7) is 1.67. The number of rotatable bonds is 5. The summed E-state index contributed by atoms with van der Waals surface area (Å²) in [5.74, 6) is -3.81. The number of carbonyl (C=O) groups excluding carboxylic acids is 1. The average Bonchev–Trinajstić information content (AvgIpc) is 3.24. The minimum atomic E-state index is -4.86. The molecule has 3 aromatic rings. The normalized spacial score (nSPS) is 11.7. The molecule has 0 saturated carbocycles. The molecule has 0 atom stereocenters. The highest BCUT2D eigenvalue weighted by Gasteiger charge is 2.30. The van der Waals surface area contributed by atoms with Crippen molar-refractivity contribution in [2.45, 2.75) is 17.6 Å². The highest BCUT2D eigenvalue weighted by Crippen LogP contribution is 2.30. The Morgan fingerprint density at radius 3 is 2.62 bits per heavy atom. The Bertz CT molecular complexity index is 1040. The van der Waals surface area contributed by atoms with Gasteiger partial charge in [-0.05, 0) is 31.2 Å². The van der Waals surface area contributed by atoms with Gasteiger partial charge in [-0.25, -0.2) is 13.4 Å². The van der Waals surface area contributed by atoms with Crippen molar-refractivity contribution in [2.24, 2.45) is 0 Å². The number of alkyl halides is 2. The zero-order valence-corrected chi connectivity index (χ0v) is 14.9. The second-order valence-corrected chi connectivity index (χ2v) is 8.25. The average molecular weight is 398 g/mol. The maximum Gasteiger partial charge on any atom is 0.341 e. The van der Waals surface area contributed by atoms with Crippen LogP contribution in [0.5, 0.6) is 0 Å². The molecule has 26 heavy (non-hydrogen) atoms. The Morgan fingerprint density at radius 1 is 1.23 bits per heavy atom. The topological polar surface area (TPSA) is 89.3 Å². The Hall–Kier alpha value is -2.59. The number of aryl methyl sites for hydroxylation is 1. The lowest BCUT2D eigenvalue weighted by Crippen LogP contribution is -2.18. The molecular weight excluding hydrogens is 386 g/mol. The van der Waals surface area contributed by atoms with Crippen LogP contribution in [0, 0.1) is 6.92 Å². The fourth-order valence-electron chi connectivity index (χ4n) is 2.21. The highest BCUT2D eigenvalue weighted by atomic mass is 32.2. The molecule has 0 aliphatic carbocycles. The van der Waals surface area contributed by atoms with Crippen LogP contribution in [0.25, 0.3) is 10.8 Å². The first-order valence-corrected chi connectivity index (χ1v) is 9.60. The van der Waals surface area contributed by atoms with Crippen molar-refractivity contribution in [3.8, 4) is 10.8 Å². The van der Waals surface area contributed by atoms with E-state index in [0.717, 1.165) is 6.07 Å². The Labute approximate surface area is 151 Å². The largest absolute Gasteiger partial charge is 0.462 e. The van der Waals surface area contributed by atoms with Gasteiger partial charge < -0.3 is 9.73 Å². The lowest BCUT2D eigenvalue weighted by molar-refractivity contribution is 0.102. The van der Waals surface area contributed by atoms with Crippen LogP contribution in [0.15, 0.2) is 52.0 Å². The molecule has 136 valence electrons. The second-order valence-electron chi connectivity index (χ2n) is 5.16. The molecule has 0 aliphatic rings. The predicted molar refractivity (Wildman–Crippen MR) is 92.1 cm³/mol. The van der Waals surface area contributed by atoms with Crippen molar-refractivity contribution in [3.63, 3.8) is 0 Å². The van der Waals surface area contributed by atoms with E-state index in [1.165, 1.54) is 35.8 Å². The van der Waals surface area contributed by atoms with Gasteiger partial charge in [0.1, 0.15) is 5.69 Å². The summed E-state index contributed by atoms with van der Waals surface area (Å²) in [6, 6.07) is 8.35. The molecule has 0 bridgehead atoms. The lowest BCUT2D eigenvalue weighted by atomic mass is 10.3. The molecule has 1 amide bonds. The van der Waals surface area contributed by atoms with Crippen LogP contribution in [0.4, 0.5) is 14.5 Å². The first-order valence-electron chi connectivity index (χ1n) is 7.24. The van der Waals surface area contributed by atoms with E-state index in [1.54, 1.807) is 19.1 Å². The van der Waals surface area contributed by atoms with Gasteiger partial charge in [-0.3, -0.25) is 4.79 Å². The number of carbonyl (C=O) groups is 1. The van der Waals surface area contributed by atoms with Gasteiger partial charge in [0.05, 0.1) is 16.8 Å². The van der Waals surface area contributed by atoms with Crippen LogP contribution >= 0.6 is 11.3 Å². The van der Waals surface area contributed by atoms with E-state index < -0.39 is 26.4 Å². The predicted octanol–water partition coefficient (Wildman–Crippen LogP) is 3.96. The molecule has 0 spiro atoms. The van der Waals surface area contributed by atoms with E-state index in [2.05, 4.69) is 10.3 Å². The van der Waals surface area contributed by atoms with Gasteiger partial charge in [-0.15, -0.1) is 11.3 Å². The minimum Gasteiger partial charge on any atom is -0.462 e. The van der Waals surface area contributed by atoms with Crippen LogP contribution in [0.2, 0.25) is 0 Å². The fourth-order valence-corrected chi connectivity index (χ4v) is 3.97. The van der Waals surface area contributed by atoms with Gasteiger partial charge in [-0.1, -0.05) is 12.1 Å². The summed E-state index contributed by atoms with van der Waals surface area (Å²) in [7, 11) is -4.86. The number of thiazole rings is 1. The van der Waals surface area contributed by atoms with Crippen molar-refractivity contribution < 1.29 is 26.4 Å². The number of hydrogen-bond acceptors (Lipinski definition) is 6. The molecule has 2 aromatic heterocycles. The lowest BCUT2D eigenvalue weighted by Gasteiger charge is -2.10. The molecule has 0 aliphatic heterocycles. The number of benzene rings is 1. The van der Waals surface area contributed by atoms with Gasteiger partial charge in [-0.2, -0.15) is 8.78 Å². The van der Waals surface area contributed by atoms with Gasteiger partial charge in [0.15, 0.2) is 10.8 Å². The molecule has 1 N–H and O–H groups in total. The van der Waals surface area contributed by atoms with Crippen LogP contribution in [-0.4, -0.2) is 25.1 Å². The first kappa shape index (κ1) is 18.2. The summed E-state index contributed by atoms with van der Waals surface area (Å²) < 4.78 is 54.5. The van der Waals surface area contributed by atoms with Crippen molar-refractivity contribution in [1.29, 1.82) is 0 Å². The van der Waals surface area contributed by atoms with E-state index in [1.807, 2.05) is 0 Å². The third kappa shape index (κ3) is 3.37. The summed E-state index contributed by atoms with van der Waals surface area (Å²) in [6.07, 6.45) is 1.47. The van der Waals surface area contributed by atoms with E-state index in [4.69, 9.17) is 4.42 Å². The molecule has 6 nitrogen and oxygen atoms in total. The zero-order valence-electron chi connectivity index (χ0n) is 13.3. The van der Waals surface area contributed by atoms with Gasteiger partial charge in [0.25, 0.3) is 5.91 Å². The van der Waals surface area contributed by atoms with Crippen molar-refractivity contribution in [3.05, 3.63) is 53.2 Å². The molecule has 0 unspecified atom stereocenters. The number of para-hydroxylation sites is 1. The van der Waals surface area contributed by atoms with Gasteiger partial charge in [0.2, 0.25) is 9.84 Å². The fraction of sp³-hybridized carbons (Fsp3) is 0.125. The monoisotopic (exact) mass is 398 g/mol. The van der Waals surface area contributed by atoms with E-state index in [9.17, 15) is 22.0 Å². The third-order valence-corrected chi connectivity index (χ3v) is 5.84. The van der Waals surface area contributed by atoms with E-state index >= 15 is 0 Å². The van der Waals surface area contributed by atoms with E-state index in [0.29, 0.717) is 15.6 Å². The number of sulfone groups is 1. The highest BCUT2D eigenvalue weighted by molar-refractivity contribution is 7.91. The Balaban J connectivity index is 1.93. The SMILES string of the molecule is Cc1sc(-c2ccco2)nc1C(=O)Nc1ccccc1S(=O)(=O)C(F)F. The number of anilines is 1. The number of nitrogens with one attached hydrogen (secondary N) is 1. The summed E-state index contributed by atoms with van der Waals surface area (Å²) in [4.78, 5) is 16.6. The number of nitrogens with zero attached hydrogens (tertiary/aromatic N) is 1. The second kappa shape index (κ2) is 6.96. The number of halogens is 2. The molecule has 0 saturated heterocycles. The van der Waals surface area contributed by atoms with Crippen LogP contribution in [-0.2, 0) is 9.84 Å². The molecular formula is C16H12F2N2O4S2. The van der Waals surface area contributed by atoms with Gasteiger partial charge in [0, 0.05) is 4.88 Å². The third-order valence-electron chi connectivity index (χ3n) is 3.42. The van der Waals surface area contributed by atoms with Crippen molar-refractivity contribution >= 4 is 32.8 Å². The first-order chi connectivity index (χ1) is 12.3. The van der Waals surface area contributed by atoms with Crippen molar-refractivity contribution in [2.75, 3.05) is 5.32 Å². The van der Waals surface area contributed by atoms with Gasteiger partial charge >= 0.3 is 5.76 Å². The molecule has 2 heterocycles. The van der Waals surface area contributed by atoms with Crippen molar-refractivity contribution in [1.82, 2.24) is 4.98 Å².